The maximum absolute atomic E-state index is 11.1. The Morgan fingerprint density at radius 3 is 3.00 bits per heavy atom. The van der Waals surface area contributed by atoms with Crippen LogP contribution in [0.1, 0.15) is 6.42 Å². The number of carbonyl (C=O) groups is 1. The van der Waals surface area contributed by atoms with Crippen molar-refractivity contribution >= 4 is 22.7 Å². The number of rotatable bonds is 0. The number of halogens is 1. The summed E-state index contributed by atoms with van der Waals surface area (Å²) in [6, 6.07) is 0. The molecule has 2 aliphatic rings. The van der Waals surface area contributed by atoms with Gasteiger partial charge in [-0.15, -0.1) is 0 Å². The molecule has 0 radical (unpaired) electrons. The number of amides is 1. The largest absolute Gasteiger partial charge is 0.348 e. The highest BCUT2D eigenvalue weighted by atomic mass is 35.5. The third-order valence-corrected chi connectivity index (χ3v) is 2.27. The fourth-order valence-electron chi connectivity index (χ4n) is 1.34. The van der Waals surface area contributed by atoms with E-state index in [2.05, 4.69) is 10.3 Å². The standard InChI is InChI=1S/C7H7ClN2O/c8-6-5-3-10-7(11)4(5)1-2-9-6/h1-3H2,(H,10,11). The molecule has 2 aliphatic heterocycles. The summed E-state index contributed by atoms with van der Waals surface area (Å²) in [7, 11) is 0. The number of hydrogen-bond donors (Lipinski definition) is 1. The van der Waals surface area contributed by atoms with Crippen LogP contribution in [0.5, 0.6) is 0 Å². The molecule has 0 saturated carbocycles. The van der Waals surface area contributed by atoms with Gasteiger partial charge in [0.05, 0.1) is 0 Å². The number of dihydropyridines is 1. The van der Waals surface area contributed by atoms with Gasteiger partial charge in [0.1, 0.15) is 5.17 Å². The van der Waals surface area contributed by atoms with Crippen molar-refractivity contribution in [2.75, 3.05) is 13.1 Å². The Balaban J connectivity index is 2.42. The van der Waals surface area contributed by atoms with Crippen LogP contribution in [-0.2, 0) is 4.79 Å². The Labute approximate surface area is 69.1 Å². The van der Waals surface area contributed by atoms with Crippen LogP contribution < -0.4 is 5.32 Å². The second kappa shape index (κ2) is 2.34. The number of aliphatic imine (C=N–C) groups is 1. The van der Waals surface area contributed by atoms with Gasteiger partial charge in [-0.25, -0.2) is 0 Å². The number of hydrogen-bond acceptors (Lipinski definition) is 2. The number of carbonyl (C=O) groups excluding carboxylic acids is 1. The molecular weight excluding hydrogens is 164 g/mol. The van der Waals surface area contributed by atoms with Gasteiger partial charge in [-0.2, -0.15) is 0 Å². The lowest BCUT2D eigenvalue weighted by Crippen LogP contribution is -2.17. The number of nitrogens with zero attached hydrogens (tertiary/aromatic N) is 1. The molecule has 0 atom stereocenters. The normalized spacial score (nSPS) is 23.0. The van der Waals surface area contributed by atoms with Crippen LogP contribution in [0.2, 0.25) is 0 Å². The quantitative estimate of drug-likeness (QED) is 0.564. The summed E-state index contributed by atoms with van der Waals surface area (Å²) >= 11 is 5.78. The van der Waals surface area contributed by atoms with Gasteiger partial charge >= 0.3 is 0 Å². The molecule has 4 heteroatoms. The SMILES string of the molecule is O=C1NCC2=C1CCN=C2Cl. The molecule has 0 fully saturated rings. The molecule has 0 spiro atoms. The van der Waals surface area contributed by atoms with Crippen LogP contribution in [-0.4, -0.2) is 24.2 Å². The van der Waals surface area contributed by atoms with E-state index >= 15 is 0 Å². The van der Waals surface area contributed by atoms with E-state index in [4.69, 9.17) is 11.6 Å². The molecule has 1 amide bonds. The van der Waals surface area contributed by atoms with Gasteiger partial charge in [0.25, 0.3) is 0 Å². The molecule has 2 rings (SSSR count). The second-order valence-corrected chi connectivity index (χ2v) is 2.92. The molecule has 11 heavy (non-hydrogen) atoms. The molecule has 0 aliphatic carbocycles. The van der Waals surface area contributed by atoms with Crippen molar-refractivity contribution in [3.8, 4) is 0 Å². The van der Waals surface area contributed by atoms with Gasteiger partial charge in [-0.3, -0.25) is 9.79 Å². The molecule has 3 nitrogen and oxygen atoms in total. The van der Waals surface area contributed by atoms with Gasteiger partial charge in [0.2, 0.25) is 5.91 Å². The fraction of sp³-hybridized carbons (Fsp3) is 0.429. The summed E-state index contributed by atoms with van der Waals surface area (Å²) in [6.07, 6.45) is 0.734. The first kappa shape index (κ1) is 6.85. The average Bonchev–Trinajstić information content (AvgIpc) is 2.35. The van der Waals surface area contributed by atoms with Crippen LogP contribution >= 0.6 is 11.6 Å². The van der Waals surface area contributed by atoms with Crippen LogP contribution in [0, 0.1) is 0 Å². The zero-order chi connectivity index (χ0) is 7.84. The molecule has 2 heterocycles. The van der Waals surface area contributed by atoms with Gasteiger partial charge in [0, 0.05) is 24.2 Å². The minimum atomic E-state index is 0.0213. The minimum absolute atomic E-state index is 0.0213. The predicted molar refractivity (Wildman–Crippen MR) is 42.8 cm³/mol. The molecule has 0 saturated heterocycles. The first-order valence-corrected chi connectivity index (χ1v) is 3.87. The minimum Gasteiger partial charge on any atom is -0.348 e. The highest BCUT2D eigenvalue weighted by molar-refractivity contribution is 6.70. The molecule has 0 aromatic carbocycles. The zero-order valence-corrected chi connectivity index (χ0v) is 6.61. The van der Waals surface area contributed by atoms with Crippen molar-refractivity contribution in [3.05, 3.63) is 11.1 Å². The Kier molecular flexibility index (Phi) is 1.46. The van der Waals surface area contributed by atoms with Crippen molar-refractivity contribution in [1.29, 1.82) is 0 Å². The Morgan fingerprint density at radius 2 is 2.27 bits per heavy atom. The van der Waals surface area contributed by atoms with Crippen LogP contribution in [0.15, 0.2) is 16.1 Å². The van der Waals surface area contributed by atoms with E-state index in [1.807, 2.05) is 0 Å². The van der Waals surface area contributed by atoms with Gasteiger partial charge in [-0.1, -0.05) is 11.6 Å². The summed E-state index contributed by atoms with van der Waals surface area (Å²) in [6.45, 7) is 1.20. The first-order chi connectivity index (χ1) is 5.29. The first-order valence-electron chi connectivity index (χ1n) is 3.49. The third kappa shape index (κ3) is 0.959. The van der Waals surface area contributed by atoms with Crippen molar-refractivity contribution in [2.45, 2.75) is 6.42 Å². The van der Waals surface area contributed by atoms with Crippen molar-refractivity contribution in [3.63, 3.8) is 0 Å². The Hall–Kier alpha value is -0.830. The Morgan fingerprint density at radius 1 is 1.45 bits per heavy atom. The smallest absolute Gasteiger partial charge is 0.247 e. The van der Waals surface area contributed by atoms with Crippen LogP contribution in [0.25, 0.3) is 0 Å². The summed E-state index contributed by atoms with van der Waals surface area (Å²) in [5.41, 5.74) is 1.72. The molecule has 58 valence electrons. The van der Waals surface area contributed by atoms with Crippen LogP contribution in [0.4, 0.5) is 0 Å². The molecule has 0 unspecified atom stereocenters. The lowest BCUT2D eigenvalue weighted by molar-refractivity contribution is -0.116. The van der Waals surface area contributed by atoms with Gasteiger partial charge in [-0.05, 0) is 6.42 Å². The predicted octanol–water partition coefficient (Wildman–Crippen LogP) is 0.454. The van der Waals surface area contributed by atoms with E-state index in [1.54, 1.807) is 0 Å². The van der Waals surface area contributed by atoms with E-state index in [9.17, 15) is 4.79 Å². The highest BCUT2D eigenvalue weighted by Crippen LogP contribution is 2.21. The lowest BCUT2D eigenvalue weighted by Gasteiger charge is -2.06. The molecular formula is C7H7ClN2O. The van der Waals surface area contributed by atoms with E-state index in [1.165, 1.54) is 0 Å². The van der Waals surface area contributed by atoms with E-state index < -0.39 is 0 Å². The third-order valence-electron chi connectivity index (χ3n) is 1.93. The van der Waals surface area contributed by atoms with Crippen molar-refractivity contribution < 1.29 is 4.79 Å². The Bertz CT molecular complexity index is 276. The van der Waals surface area contributed by atoms with Crippen molar-refractivity contribution in [1.82, 2.24) is 5.32 Å². The summed E-state index contributed by atoms with van der Waals surface area (Å²) in [4.78, 5) is 15.1. The maximum Gasteiger partial charge on any atom is 0.247 e. The van der Waals surface area contributed by atoms with E-state index in [-0.39, 0.29) is 5.91 Å². The summed E-state index contributed by atoms with van der Waals surface area (Å²) in [5, 5.41) is 3.22. The lowest BCUT2D eigenvalue weighted by atomic mass is 10.1. The molecule has 0 bridgehead atoms. The van der Waals surface area contributed by atoms with Crippen molar-refractivity contribution in [2.24, 2.45) is 4.99 Å². The highest BCUT2D eigenvalue weighted by Gasteiger charge is 2.26. The zero-order valence-electron chi connectivity index (χ0n) is 5.85. The van der Waals surface area contributed by atoms with Gasteiger partial charge < -0.3 is 5.32 Å². The monoisotopic (exact) mass is 170 g/mol. The number of nitrogens with one attached hydrogen (secondary N) is 1. The molecule has 1 N–H and O–H groups in total. The maximum atomic E-state index is 11.1. The van der Waals surface area contributed by atoms with E-state index in [0.717, 1.165) is 17.6 Å². The second-order valence-electron chi connectivity index (χ2n) is 2.56. The molecule has 0 aromatic heterocycles. The van der Waals surface area contributed by atoms with Crippen LogP contribution in [0.3, 0.4) is 0 Å². The molecule has 0 aromatic rings. The average molecular weight is 171 g/mol. The van der Waals surface area contributed by atoms with Gasteiger partial charge in [0.15, 0.2) is 0 Å². The van der Waals surface area contributed by atoms with E-state index in [0.29, 0.717) is 18.3 Å². The fourth-order valence-corrected chi connectivity index (χ4v) is 1.61. The summed E-state index contributed by atoms with van der Waals surface area (Å²) < 4.78 is 0. The summed E-state index contributed by atoms with van der Waals surface area (Å²) in [5.74, 6) is 0.0213. The topological polar surface area (TPSA) is 41.5 Å².